The third-order valence-corrected chi connectivity index (χ3v) is 2.94. The molecule has 0 bridgehead atoms. The van der Waals surface area contributed by atoms with E-state index in [-0.39, 0.29) is 18.4 Å². The number of nitrogens with one attached hydrogen (secondary N) is 2. The van der Waals surface area contributed by atoms with Crippen LogP contribution in [0.3, 0.4) is 0 Å². The molecule has 0 saturated carbocycles. The van der Waals surface area contributed by atoms with Gasteiger partial charge >= 0.3 is 0 Å². The van der Waals surface area contributed by atoms with Crippen LogP contribution >= 0.6 is 0 Å². The fourth-order valence-corrected chi connectivity index (χ4v) is 1.62. The number of benzene rings is 1. The summed E-state index contributed by atoms with van der Waals surface area (Å²) in [4.78, 5) is 11.9. The highest BCUT2D eigenvalue weighted by atomic mass is 16.5. The molecule has 1 aromatic carbocycles. The second kappa shape index (κ2) is 7.63. The van der Waals surface area contributed by atoms with E-state index < -0.39 is 0 Å². The lowest BCUT2D eigenvalue weighted by Crippen LogP contribution is -2.37. The van der Waals surface area contributed by atoms with Gasteiger partial charge < -0.3 is 20.1 Å². The molecular weight excluding hydrogens is 244 g/mol. The van der Waals surface area contributed by atoms with Crippen molar-refractivity contribution in [1.82, 2.24) is 10.6 Å². The fourth-order valence-electron chi connectivity index (χ4n) is 1.62. The highest BCUT2D eigenvalue weighted by Crippen LogP contribution is 2.24. The van der Waals surface area contributed by atoms with E-state index in [0.717, 1.165) is 5.56 Å². The van der Waals surface area contributed by atoms with Crippen LogP contribution in [0.2, 0.25) is 0 Å². The number of rotatable bonds is 7. The third kappa shape index (κ3) is 4.79. The molecule has 2 N–H and O–H groups in total. The maximum Gasteiger partial charge on any atom is 0.224 e. The number of carbonyl (C=O) groups excluding carboxylic acids is 1. The van der Waals surface area contributed by atoms with Crippen molar-refractivity contribution < 1.29 is 14.3 Å². The van der Waals surface area contributed by atoms with E-state index in [4.69, 9.17) is 9.47 Å². The van der Waals surface area contributed by atoms with Gasteiger partial charge in [0.15, 0.2) is 0 Å². The minimum absolute atomic E-state index is 0.0337. The Bertz CT molecular complexity index is 421. The van der Waals surface area contributed by atoms with Crippen LogP contribution in [0.4, 0.5) is 0 Å². The van der Waals surface area contributed by atoms with Crippen LogP contribution < -0.4 is 20.1 Å². The van der Waals surface area contributed by atoms with Crippen LogP contribution in [0.5, 0.6) is 11.5 Å². The fraction of sp³-hybridized carbons (Fsp3) is 0.500. The molecule has 0 aliphatic rings. The number of likely N-dealkylation sites (N-methyl/N-ethyl adjacent to an activating group) is 1. The lowest BCUT2D eigenvalue weighted by molar-refractivity contribution is -0.120. The van der Waals surface area contributed by atoms with Crippen LogP contribution in [0.15, 0.2) is 18.2 Å². The Morgan fingerprint density at radius 2 is 2.05 bits per heavy atom. The largest absolute Gasteiger partial charge is 0.497 e. The smallest absolute Gasteiger partial charge is 0.224 e. The van der Waals surface area contributed by atoms with Gasteiger partial charge in [-0.05, 0) is 32.2 Å². The monoisotopic (exact) mass is 266 g/mol. The normalized spacial score (nSPS) is 11.8. The number of methoxy groups -OCH3 is 2. The van der Waals surface area contributed by atoms with Gasteiger partial charge in [0.05, 0.1) is 20.6 Å². The molecule has 0 aliphatic carbocycles. The molecule has 1 rings (SSSR count). The quantitative estimate of drug-likeness (QED) is 0.772. The summed E-state index contributed by atoms with van der Waals surface area (Å²) < 4.78 is 10.4. The van der Waals surface area contributed by atoms with Crippen molar-refractivity contribution in [2.45, 2.75) is 19.4 Å². The average molecular weight is 266 g/mol. The average Bonchev–Trinajstić information content (AvgIpc) is 2.44. The Morgan fingerprint density at radius 1 is 1.32 bits per heavy atom. The van der Waals surface area contributed by atoms with Crippen molar-refractivity contribution in [2.24, 2.45) is 0 Å². The molecule has 1 aromatic rings. The van der Waals surface area contributed by atoms with Gasteiger partial charge in [0.1, 0.15) is 11.5 Å². The first-order valence-electron chi connectivity index (χ1n) is 6.25. The molecule has 0 radical (unpaired) electrons. The van der Waals surface area contributed by atoms with E-state index in [2.05, 4.69) is 10.6 Å². The topological polar surface area (TPSA) is 59.6 Å². The first kappa shape index (κ1) is 15.3. The zero-order chi connectivity index (χ0) is 14.3. The highest BCUT2D eigenvalue weighted by Gasteiger charge is 2.10. The molecule has 0 saturated heterocycles. The van der Waals surface area contributed by atoms with Gasteiger partial charge in [-0.2, -0.15) is 0 Å². The molecule has 5 heteroatoms. The highest BCUT2D eigenvalue weighted by molar-refractivity contribution is 5.79. The van der Waals surface area contributed by atoms with Gasteiger partial charge in [0.2, 0.25) is 5.91 Å². The van der Waals surface area contributed by atoms with Gasteiger partial charge in [0, 0.05) is 18.2 Å². The van der Waals surface area contributed by atoms with Crippen molar-refractivity contribution >= 4 is 5.91 Å². The summed E-state index contributed by atoms with van der Waals surface area (Å²) in [6.45, 7) is 2.61. The van der Waals surface area contributed by atoms with Crippen LogP contribution in [0, 0.1) is 0 Å². The molecule has 5 nitrogen and oxygen atoms in total. The summed E-state index contributed by atoms with van der Waals surface area (Å²) in [6.07, 6.45) is 0.275. The molecule has 1 unspecified atom stereocenters. The summed E-state index contributed by atoms with van der Waals surface area (Å²) in [6, 6.07) is 5.68. The Kier molecular flexibility index (Phi) is 6.15. The molecule has 19 heavy (non-hydrogen) atoms. The van der Waals surface area contributed by atoms with Gasteiger partial charge in [-0.25, -0.2) is 0 Å². The minimum atomic E-state index is -0.0337. The van der Waals surface area contributed by atoms with Crippen LogP contribution in [-0.2, 0) is 11.2 Å². The van der Waals surface area contributed by atoms with Crippen LogP contribution in [0.1, 0.15) is 12.5 Å². The molecule has 0 aromatic heterocycles. The van der Waals surface area contributed by atoms with Crippen LogP contribution in [0.25, 0.3) is 0 Å². The molecule has 106 valence electrons. The van der Waals surface area contributed by atoms with Gasteiger partial charge in [-0.3, -0.25) is 4.79 Å². The summed E-state index contributed by atoms with van der Waals surface area (Å²) >= 11 is 0. The lowest BCUT2D eigenvalue weighted by atomic mass is 10.1. The Morgan fingerprint density at radius 3 is 2.63 bits per heavy atom. The van der Waals surface area contributed by atoms with Crippen molar-refractivity contribution in [1.29, 1.82) is 0 Å². The number of carbonyl (C=O) groups is 1. The molecule has 1 amide bonds. The van der Waals surface area contributed by atoms with Gasteiger partial charge in [-0.1, -0.05) is 0 Å². The van der Waals surface area contributed by atoms with E-state index in [1.807, 2.05) is 26.1 Å². The van der Waals surface area contributed by atoms with Gasteiger partial charge in [0.25, 0.3) is 0 Å². The summed E-state index contributed by atoms with van der Waals surface area (Å²) in [5.41, 5.74) is 0.816. The van der Waals surface area contributed by atoms with Crippen molar-refractivity contribution in [3.05, 3.63) is 23.8 Å². The number of ether oxygens (including phenoxy) is 2. The predicted octanol–water partition coefficient (Wildman–Crippen LogP) is 0.970. The maximum absolute atomic E-state index is 11.9. The van der Waals surface area contributed by atoms with E-state index in [1.165, 1.54) is 0 Å². The standard InChI is InChI=1S/C14H22N2O3/c1-10(15-2)9-16-14(17)8-11-7-12(18-3)5-6-13(11)19-4/h5-7,10,15H,8-9H2,1-4H3,(H,16,17). The predicted molar refractivity (Wildman–Crippen MR) is 74.8 cm³/mol. The van der Waals surface area contributed by atoms with Gasteiger partial charge in [-0.15, -0.1) is 0 Å². The molecule has 0 spiro atoms. The Labute approximate surface area is 114 Å². The summed E-state index contributed by atoms with van der Waals surface area (Å²) in [7, 11) is 5.05. The molecule has 0 fully saturated rings. The maximum atomic E-state index is 11.9. The second-order valence-corrected chi connectivity index (χ2v) is 4.35. The molecule has 0 heterocycles. The lowest BCUT2D eigenvalue weighted by Gasteiger charge is -2.13. The van der Waals surface area contributed by atoms with E-state index >= 15 is 0 Å². The van der Waals surface area contributed by atoms with E-state index in [0.29, 0.717) is 18.0 Å². The SMILES string of the molecule is CNC(C)CNC(=O)Cc1cc(OC)ccc1OC. The number of hydrogen-bond donors (Lipinski definition) is 2. The zero-order valence-electron chi connectivity index (χ0n) is 11.9. The number of hydrogen-bond acceptors (Lipinski definition) is 4. The second-order valence-electron chi connectivity index (χ2n) is 4.35. The first-order chi connectivity index (χ1) is 9.10. The summed E-state index contributed by atoms with van der Waals surface area (Å²) in [5, 5.41) is 5.94. The number of amides is 1. The van der Waals surface area contributed by atoms with Crippen molar-refractivity contribution in [3.63, 3.8) is 0 Å². The van der Waals surface area contributed by atoms with Crippen LogP contribution in [-0.4, -0.2) is 39.8 Å². The van der Waals surface area contributed by atoms with E-state index in [9.17, 15) is 4.79 Å². The van der Waals surface area contributed by atoms with Crippen molar-refractivity contribution in [3.8, 4) is 11.5 Å². The van der Waals surface area contributed by atoms with E-state index in [1.54, 1.807) is 20.3 Å². The molecular formula is C14H22N2O3. The molecule has 0 aliphatic heterocycles. The zero-order valence-corrected chi connectivity index (χ0v) is 11.9. The Hall–Kier alpha value is -1.75. The first-order valence-corrected chi connectivity index (χ1v) is 6.25. The Balaban J connectivity index is 2.66. The summed E-state index contributed by atoms with van der Waals surface area (Å²) in [5.74, 6) is 1.37. The van der Waals surface area contributed by atoms with Crippen molar-refractivity contribution in [2.75, 3.05) is 27.8 Å². The molecule has 1 atom stereocenters. The third-order valence-electron chi connectivity index (χ3n) is 2.94. The minimum Gasteiger partial charge on any atom is -0.497 e.